The Bertz CT molecular complexity index is 1440. The Morgan fingerprint density at radius 1 is 0.846 bits per heavy atom. The van der Waals surface area contributed by atoms with Crippen LogP contribution >= 0.6 is 23.2 Å². The first kappa shape index (κ1) is 26.5. The molecule has 1 saturated heterocycles. The second-order valence-electron chi connectivity index (χ2n) is 9.01. The minimum Gasteiger partial charge on any atom is -0.445 e. The van der Waals surface area contributed by atoms with Crippen molar-refractivity contribution in [2.75, 3.05) is 11.6 Å². The highest BCUT2D eigenvalue weighted by Gasteiger charge is 2.47. The van der Waals surface area contributed by atoms with Gasteiger partial charge in [-0.15, -0.1) is 0 Å². The molecule has 0 aliphatic carbocycles. The molecule has 4 amide bonds. The number of halogens is 2. The van der Waals surface area contributed by atoms with E-state index in [1.807, 2.05) is 66.7 Å². The van der Waals surface area contributed by atoms with Gasteiger partial charge in [0.2, 0.25) is 0 Å². The largest absolute Gasteiger partial charge is 0.445 e. The summed E-state index contributed by atoms with van der Waals surface area (Å²) in [6.07, 6.45) is 0.191. The summed E-state index contributed by atoms with van der Waals surface area (Å²) >= 11 is 12.0. The predicted molar refractivity (Wildman–Crippen MR) is 146 cm³/mol. The van der Waals surface area contributed by atoms with E-state index in [1.165, 1.54) is 4.90 Å². The number of hydrogen-bond donors (Lipinski definition) is 0. The molecule has 0 spiro atoms. The SMILES string of the molecule is O=C(OCc1ccccc1)N1CCCC1C(=O)N(c1cccc(-c2ccccc2)c1)N1C(=O)C(Cl)=C(Cl)C1=O. The van der Waals surface area contributed by atoms with Gasteiger partial charge in [-0.05, 0) is 41.7 Å². The van der Waals surface area contributed by atoms with Crippen LogP contribution in [-0.2, 0) is 25.7 Å². The monoisotopic (exact) mass is 563 g/mol. The van der Waals surface area contributed by atoms with Crippen molar-refractivity contribution < 1.29 is 23.9 Å². The van der Waals surface area contributed by atoms with Crippen LogP contribution in [0.15, 0.2) is 95.0 Å². The third-order valence-corrected chi connectivity index (χ3v) is 7.34. The summed E-state index contributed by atoms with van der Waals surface area (Å²) in [7, 11) is 0. The van der Waals surface area contributed by atoms with Crippen LogP contribution < -0.4 is 5.01 Å². The van der Waals surface area contributed by atoms with Gasteiger partial charge in [-0.3, -0.25) is 19.3 Å². The molecule has 0 radical (unpaired) electrons. The highest BCUT2D eigenvalue weighted by atomic mass is 35.5. The van der Waals surface area contributed by atoms with Crippen LogP contribution in [0.4, 0.5) is 10.5 Å². The van der Waals surface area contributed by atoms with Crippen LogP contribution in [0.1, 0.15) is 18.4 Å². The molecular formula is C29H23Cl2N3O5. The molecule has 1 fully saturated rings. The van der Waals surface area contributed by atoms with Crippen LogP contribution in [0.2, 0.25) is 0 Å². The fraction of sp³-hybridized carbons (Fsp3) is 0.172. The van der Waals surface area contributed by atoms with Crippen molar-refractivity contribution in [2.45, 2.75) is 25.5 Å². The number of likely N-dealkylation sites (tertiary alicyclic amines) is 1. The number of carbonyl (C=O) groups is 4. The summed E-state index contributed by atoms with van der Waals surface area (Å²) in [5.74, 6) is -2.52. The lowest BCUT2D eigenvalue weighted by Gasteiger charge is -2.34. The molecule has 2 aliphatic rings. The Labute approximate surface area is 234 Å². The van der Waals surface area contributed by atoms with E-state index < -0.39 is 39.9 Å². The number of ether oxygens (including phenoxy) is 1. The maximum Gasteiger partial charge on any atom is 0.410 e. The molecule has 0 N–H and O–H groups in total. The molecule has 0 bridgehead atoms. The zero-order chi connectivity index (χ0) is 27.5. The summed E-state index contributed by atoms with van der Waals surface area (Å²) in [4.78, 5) is 54.5. The first-order valence-electron chi connectivity index (χ1n) is 12.3. The van der Waals surface area contributed by atoms with Crippen molar-refractivity contribution in [2.24, 2.45) is 0 Å². The Balaban J connectivity index is 1.47. The molecule has 8 nitrogen and oxygen atoms in total. The van der Waals surface area contributed by atoms with Gasteiger partial charge < -0.3 is 4.74 Å². The van der Waals surface area contributed by atoms with Gasteiger partial charge in [0.25, 0.3) is 17.7 Å². The van der Waals surface area contributed by atoms with Crippen molar-refractivity contribution in [3.05, 3.63) is 101 Å². The molecule has 39 heavy (non-hydrogen) atoms. The van der Waals surface area contributed by atoms with Gasteiger partial charge in [-0.25, -0.2) is 9.80 Å². The molecule has 5 rings (SSSR count). The first-order chi connectivity index (χ1) is 18.9. The third kappa shape index (κ3) is 5.26. The van der Waals surface area contributed by atoms with E-state index in [0.29, 0.717) is 17.9 Å². The third-order valence-electron chi connectivity index (χ3n) is 6.54. The first-order valence-corrected chi connectivity index (χ1v) is 13.0. The zero-order valence-electron chi connectivity index (χ0n) is 20.6. The van der Waals surface area contributed by atoms with Crippen LogP contribution in [0, 0.1) is 0 Å². The lowest BCUT2D eigenvalue weighted by molar-refractivity contribution is -0.143. The number of amides is 4. The molecule has 198 valence electrons. The van der Waals surface area contributed by atoms with Crippen molar-refractivity contribution in [3.63, 3.8) is 0 Å². The molecule has 2 heterocycles. The standard InChI is InChI=1S/C29H23Cl2N3O5/c30-24-25(31)28(37)34(27(24)36)33(22-14-7-13-21(17-22)20-11-5-2-6-12-20)26(35)23-15-8-16-32(23)29(38)39-18-19-9-3-1-4-10-19/h1-7,9-14,17,23H,8,15-16,18H2. The predicted octanol–water partition coefficient (Wildman–Crippen LogP) is 5.46. The van der Waals surface area contributed by atoms with Crippen LogP contribution in [0.5, 0.6) is 0 Å². The summed E-state index contributed by atoms with van der Waals surface area (Å²) in [6.45, 7) is 0.321. The maximum atomic E-state index is 14.1. The summed E-state index contributed by atoms with van der Waals surface area (Å²) < 4.78 is 5.47. The smallest absolute Gasteiger partial charge is 0.410 e. The second kappa shape index (κ2) is 11.3. The molecule has 0 aromatic heterocycles. The van der Waals surface area contributed by atoms with Gasteiger partial charge >= 0.3 is 6.09 Å². The molecule has 1 atom stereocenters. The number of nitrogens with zero attached hydrogens (tertiary/aromatic N) is 3. The number of hydrogen-bond acceptors (Lipinski definition) is 5. The van der Waals surface area contributed by atoms with E-state index in [-0.39, 0.29) is 18.8 Å². The van der Waals surface area contributed by atoms with E-state index in [1.54, 1.807) is 18.2 Å². The fourth-order valence-corrected chi connectivity index (χ4v) is 4.94. The Hall–Kier alpha value is -4.14. The van der Waals surface area contributed by atoms with Gasteiger partial charge in [0.05, 0.1) is 5.69 Å². The number of carbonyl (C=O) groups excluding carboxylic acids is 4. The Kier molecular flexibility index (Phi) is 7.67. The molecule has 10 heteroatoms. The number of rotatable bonds is 6. The second-order valence-corrected chi connectivity index (χ2v) is 9.76. The van der Waals surface area contributed by atoms with Gasteiger partial charge in [0, 0.05) is 6.54 Å². The van der Waals surface area contributed by atoms with Crippen molar-refractivity contribution >= 4 is 52.7 Å². The molecule has 3 aromatic carbocycles. The number of imide groups is 1. The molecule has 0 saturated carbocycles. The normalized spacial score (nSPS) is 17.1. The zero-order valence-corrected chi connectivity index (χ0v) is 22.1. The highest BCUT2D eigenvalue weighted by molar-refractivity contribution is 6.58. The lowest BCUT2D eigenvalue weighted by Crippen LogP contribution is -2.57. The average molecular weight is 564 g/mol. The van der Waals surface area contributed by atoms with Crippen LogP contribution in [0.3, 0.4) is 0 Å². The Morgan fingerprint density at radius 2 is 1.46 bits per heavy atom. The van der Waals surface area contributed by atoms with Gasteiger partial charge in [-0.1, -0.05) is 96.0 Å². The van der Waals surface area contributed by atoms with Gasteiger partial charge in [0.15, 0.2) is 0 Å². The average Bonchev–Trinajstić information content (AvgIpc) is 3.54. The quantitative estimate of drug-likeness (QED) is 0.371. The van der Waals surface area contributed by atoms with E-state index in [4.69, 9.17) is 27.9 Å². The summed E-state index contributed by atoms with van der Waals surface area (Å²) in [5.41, 5.74) is 2.66. The topological polar surface area (TPSA) is 87.2 Å². The Morgan fingerprint density at radius 3 is 2.13 bits per heavy atom. The van der Waals surface area contributed by atoms with E-state index in [0.717, 1.165) is 21.7 Å². The van der Waals surface area contributed by atoms with Crippen LogP contribution in [0.25, 0.3) is 11.1 Å². The number of hydrazine groups is 1. The minimum absolute atomic E-state index is 0.0398. The molecular weight excluding hydrogens is 541 g/mol. The fourth-order valence-electron chi connectivity index (χ4n) is 4.62. The molecule has 2 aliphatic heterocycles. The summed E-state index contributed by atoms with van der Waals surface area (Å²) in [6, 6.07) is 24.5. The lowest BCUT2D eigenvalue weighted by atomic mass is 10.0. The van der Waals surface area contributed by atoms with Crippen LogP contribution in [-0.4, -0.2) is 46.3 Å². The molecule has 3 aromatic rings. The summed E-state index contributed by atoms with van der Waals surface area (Å²) in [5, 5.41) is 0.624. The molecule has 1 unspecified atom stereocenters. The van der Waals surface area contributed by atoms with Gasteiger partial charge in [0.1, 0.15) is 22.7 Å². The number of benzene rings is 3. The van der Waals surface area contributed by atoms with E-state index in [2.05, 4.69) is 0 Å². The highest BCUT2D eigenvalue weighted by Crippen LogP contribution is 2.34. The minimum atomic E-state index is -0.979. The van der Waals surface area contributed by atoms with Crippen molar-refractivity contribution in [3.8, 4) is 11.1 Å². The van der Waals surface area contributed by atoms with E-state index in [9.17, 15) is 19.2 Å². The van der Waals surface area contributed by atoms with Gasteiger partial charge in [-0.2, -0.15) is 5.01 Å². The van der Waals surface area contributed by atoms with Crippen molar-refractivity contribution in [1.29, 1.82) is 0 Å². The maximum absolute atomic E-state index is 14.1. The van der Waals surface area contributed by atoms with Crippen molar-refractivity contribution in [1.82, 2.24) is 9.91 Å². The van der Waals surface area contributed by atoms with E-state index >= 15 is 0 Å². The number of anilines is 1.